The van der Waals surface area contributed by atoms with Crippen LogP contribution in [0.3, 0.4) is 0 Å². The van der Waals surface area contributed by atoms with Gasteiger partial charge >= 0.3 is 10.2 Å². The van der Waals surface area contributed by atoms with E-state index in [9.17, 15) is 33.0 Å². The molecule has 4 nitrogen and oxygen atoms in total. The summed E-state index contributed by atoms with van der Waals surface area (Å²) in [5.41, 5.74) is 5.32. The minimum atomic E-state index is -9.86. The van der Waals surface area contributed by atoms with Gasteiger partial charge in [0.2, 0.25) is 5.91 Å². The van der Waals surface area contributed by atoms with E-state index in [0.717, 1.165) is 24.3 Å². The van der Waals surface area contributed by atoms with Crippen LogP contribution in [0.25, 0.3) is 0 Å². The number of alkyl halides is 2. The van der Waals surface area contributed by atoms with Crippen LogP contribution in [0, 0.1) is 17.6 Å². The van der Waals surface area contributed by atoms with Crippen molar-refractivity contribution in [1.29, 1.82) is 0 Å². The summed E-state index contributed by atoms with van der Waals surface area (Å²) in [7, 11) is -9.86. The third-order valence-electron chi connectivity index (χ3n) is 5.93. The number of anilines is 3. The maximum absolute atomic E-state index is 14.1. The number of halogens is 10. The molecule has 0 bridgehead atoms. The van der Waals surface area contributed by atoms with E-state index in [1.54, 1.807) is 0 Å². The largest absolute Gasteiger partial charge is 0.394 e. The summed E-state index contributed by atoms with van der Waals surface area (Å²) in [5.74, 6) is -4.65. The van der Waals surface area contributed by atoms with Crippen LogP contribution in [0.1, 0.15) is 17.0 Å². The lowest BCUT2D eigenvalue weighted by molar-refractivity contribution is -0.117. The molecule has 1 aliphatic rings. The van der Waals surface area contributed by atoms with Crippen molar-refractivity contribution in [2.24, 2.45) is 5.92 Å². The fourth-order valence-electron chi connectivity index (χ4n) is 3.90. The van der Waals surface area contributed by atoms with Gasteiger partial charge in [-0.1, -0.05) is 43.2 Å². The summed E-state index contributed by atoms with van der Waals surface area (Å²) in [6, 6.07) is 8.55. The second-order valence-corrected chi connectivity index (χ2v) is 12.9. The first-order valence-electron chi connectivity index (χ1n) is 10.6. The zero-order valence-corrected chi connectivity index (χ0v) is 21.8. The molecule has 1 amide bonds. The number of carbonyl (C=O) groups excluding carboxylic acids is 1. The number of amides is 1. The summed E-state index contributed by atoms with van der Waals surface area (Å²) in [6.07, 6.45) is 0. The van der Waals surface area contributed by atoms with Gasteiger partial charge in [-0.2, -0.15) is 0 Å². The molecule has 1 fully saturated rings. The highest BCUT2D eigenvalue weighted by molar-refractivity contribution is 8.45. The average Bonchev–Trinajstić information content (AvgIpc) is 3.39. The summed E-state index contributed by atoms with van der Waals surface area (Å²) < 4.78 is 90.8. The Hall–Kier alpha value is -2.54. The number of benzene rings is 3. The molecule has 0 saturated heterocycles. The number of carbonyl (C=O) groups is 1. The Bertz CT molecular complexity index is 1440. The second-order valence-electron chi connectivity index (χ2n) is 8.64. The van der Waals surface area contributed by atoms with Gasteiger partial charge in [0.15, 0.2) is 5.82 Å². The lowest BCUT2D eigenvalue weighted by atomic mass is 10.1. The smallest absolute Gasteiger partial charge is 0.310 e. The first kappa shape index (κ1) is 28.5. The number of nitrogens with one attached hydrogen (secondary N) is 2. The number of hydrogen-bond acceptors (Lipinski definition) is 3. The molecule has 1 aliphatic carbocycles. The van der Waals surface area contributed by atoms with Crippen molar-refractivity contribution in [3.8, 4) is 0 Å². The molecular formula is C23H17Cl3F7N3OS. The van der Waals surface area contributed by atoms with Crippen molar-refractivity contribution in [3.63, 3.8) is 0 Å². The van der Waals surface area contributed by atoms with Crippen molar-refractivity contribution < 1.29 is 33.0 Å². The third kappa shape index (κ3) is 5.73. The van der Waals surface area contributed by atoms with Crippen molar-refractivity contribution in [2.45, 2.75) is 21.7 Å². The molecule has 2 unspecified atom stereocenters. The van der Waals surface area contributed by atoms with Crippen LogP contribution in [0.15, 0.2) is 59.5 Å². The van der Waals surface area contributed by atoms with Gasteiger partial charge in [-0.3, -0.25) is 4.79 Å². The first-order chi connectivity index (χ1) is 17.3. The molecule has 206 valence electrons. The van der Waals surface area contributed by atoms with E-state index in [4.69, 9.17) is 40.5 Å². The molecule has 3 aromatic rings. The van der Waals surface area contributed by atoms with Gasteiger partial charge in [0.1, 0.15) is 20.7 Å². The highest BCUT2D eigenvalue weighted by Crippen LogP contribution is 3.02. The molecule has 0 heterocycles. The summed E-state index contributed by atoms with van der Waals surface area (Å²) in [6.45, 7) is -0.0377. The molecule has 0 spiro atoms. The van der Waals surface area contributed by atoms with Gasteiger partial charge < -0.3 is 16.4 Å². The SMILES string of the molecule is Nc1c(F)ccc(NCc2cc(NC(=O)C3C(c4ccc(S(F)(F)(F)(F)F)cc4)C3(Cl)Cl)ccc2Cl)c1F. The summed E-state index contributed by atoms with van der Waals surface area (Å²) in [5, 5.41) is 5.55. The third-order valence-corrected chi connectivity index (χ3v) is 8.40. The maximum Gasteiger partial charge on any atom is 0.310 e. The quantitative estimate of drug-likeness (QED) is 0.140. The van der Waals surface area contributed by atoms with Crippen LogP contribution in [0.2, 0.25) is 5.02 Å². The van der Waals surface area contributed by atoms with Crippen LogP contribution < -0.4 is 16.4 Å². The number of hydrogen-bond donors (Lipinski definition) is 3. The van der Waals surface area contributed by atoms with Crippen molar-refractivity contribution in [3.05, 3.63) is 82.4 Å². The Morgan fingerprint density at radius 1 is 0.974 bits per heavy atom. The van der Waals surface area contributed by atoms with Crippen LogP contribution in [-0.2, 0) is 11.3 Å². The van der Waals surface area contributed by atoms with E-state index in [1.165, 1.54) is 18.2 Å². The van der Waals surface area contributed by atoms with Gasteiger partial charge in [0.25, 0.3) is 0 Å². The number of nitrogens with two attached hydrogens (primary N) is 1. The van der Waals surface area contributed by atoms with E-state index in [-0.39, 0.29) is 40.6 Å². The Kier molecular flexibility index (Phi) is 6.54. The molecule has 0 aromatic heterocycles. The lowest BCUT2D eigenvalue weighted by Gasteiger charge is -2.40. The normalized spacial score (nSPS) is 20.3. The molecule has 0 radical (unpaired) electrons. The molecule has 2 atom stereocenters. The molecule has 4 rings (SSSR count). The van der Waals surface area contributed by atoms with Crippen molar-refractivity contribution in [2.75, 3.05) is 16.4 Å². The van der Waals surface area contributed by atoms with Gasteiger partial charge in [0.05, 0.1) is 11.6 Å². The number of nitrogen functional groups attached to an aromatic ring is 1. The Balaban J connectivity index is 1.47. The fourth-order valence-corrected chi connectivity index (χ4v) is 5.57. The Labute approximate surface area is 227 Å². The molecule has 1 saturated carbocycles. The first-order valence-corrected chi connectivity index (χ1v) is 13.7. The Morgan fingerprint density at radius 3 is 2.21 bits per heavy atom. The molecular weight excluding hydrogens is 606 g/mol. The van der Waals surface area contributed by atoms with E-state index in [0.29, 0.717) is 5.56 Å². The van der Waals surface area contributed by atoms with E-state index in [2.05, 4.69) is 10.6 Å². The number of rotatable bonds is 7. The van der Waals surface area contributed by atoms with Crippen LogP contribution in [0.5, 0.6) is 0 Å². The fraction of sp³-hybridized carbons (Fsp3) is 0.174. The van der Waals surface area contributed by atoms with Crippen LogP contribution >= 0.6 is 45.0 Å². The highest BCUT2D eigenvalue weighted by Gasteiger charge is 2.68. The van der Waals surface area contributed by atoms with Crippen LogP contribution in [0.4, 0.5) is 45.3 Å². The van der Waals surface area contributed by atoms with Gasteiger partial charge in [-0.25, -0.2) is 8.78 Å². The molecule has 0 aliphatic heterocycles. The predicted molar refractivity (Wildman–Crippen MR) is 137 cm³/mol. The molecule has 4 N–H and O–H groups in total. The highest BCUT2D eigenvalue weighted by atomic mass is 35.5. The molecule has 38 heavy (non-hydrogen) atoms. The Morgan fingerprint density at radius 2 is 1.61 bits per heavy atom. The predicted octanol–water partition coefficient (Wildman–Crippen LogP) is 9.00. The van der Waals surface area contributed by atoms with Crippen molar-refractivity contribution >= 4 is 68.0 Å². The topological polar surface area (TPSA) is 67.2 Å². The zero-order valence-electron chi connectivity index (χ0n) is 18.7. The monoisotopic (exact) mass is 621 g/mol. The second kappa shape index (κ2) is 8.73. The van der Waals surface area contributed by atoms with E-state index >= 15 is 0 Å². The standard InChI is InChI=1S/C23H17Cl3F7N3OS/c24-15-6-3-13(9-12(15)10-35-17-8-7-16(27)21(34)20(17)28)36-22(37)19-18(23(19,25)26)11-1-4-14(5-2-11)38(29,30,31,32)33/h1-9,18-19,35H,10,34H2,(H,36,37). The van der Waals surface area contributed by atoms with Gasteiger partial charge in [-0.05, 0) is 53.6 Å². The molecule has 3 aromatic carbocycles. The van der Waals surface area contributed by atoms with Gasteiger partial charge in [-0.15, -0.1) is 23.2 Å². The zero-order chi connectivity index (χ0) is 28.3. The minimum Gasteiger partial charge on any atom is -0.394 e. The van der Waals surface area contributed by atoms with E-state index < -0.39 is 54.5 Å². The van der Waals surface area contributed by atoms with Crippen LogP contribution in [-0.4, -0.2) is 10.2 Å². The van der Waals surface area contributed by atoms with Gasteiger partial charge in [0, 0.05) is 23.2 Å². The lowest BCUT2D eigenvalue weighted by Crippen LogP contribution is -2.17. The summed E-state index contributed by atoms with van der Waals surface area (Å²) >= 11 is 18.6. The molecule has 15 heteroatoms. The van der Waals surface area contributed by atoms with Crippen molar-refractivity contribution in [1.82, 2.24) is 0 Å². The minimum absolute atomic E-state index is 0.0377. The van der Waals surface area contributed by atoms with E-state index in [1.807, 2.05) is 0 Å². The average molecular weight is 623 g/mol. The maximum atomic E-state index is 14.1. The summed E-state index contributed by atoms with van der Waals surface area (Å²) in [4.78, 5) is 10.8.